The maximum atomic E-state index is 11.8. The van der Waals surface area contributed by atoms with Crippen molar-refractivity contribution in [1.29, 1.82) is 0 Å². The molecule has 1 amide bonds. The van der Waals surface area contributed by atoms with Crippen molar-refractivity contribution in [2.75, 3.05) is 18.6 Å². The lowest BCUT2D eigenvalue weighted by Crippen LogP contribution is -2.26. The van der Waals surface area contributed by atoms with Crippen molar-refractivity contribution >= 4 is 29.3 Å². The van der Waals surface area contributed by atoms with E-state index in [2.05, 4.69) is 9.72 Å². The third-order valence-corrected chi connectivity index (χ3v) is 2.88. The molecule has 6 heteroatoms. The molecule has 0 N–H and O–H groups in total. The average molecular weight is 255 g/mol. The Labute approximate surface area is 103 Å². The molecule has 0 saturated carbocycles. The van der Waals surface area contributed by atoms with Crippen LogP contribution < -0.4 is 4.90 Å². The van der Waals surface area contributed by atoms with Crippen molar-refractivity contribution in [1.82, 2.24) is 4.98 Å². The zero-order valence-corrected chi connectivity index (χ0v) is 9.98. The number of pyridine rings is 1. The predicted molar refractivity (Wildman–Crippen MR) is 61.7 cm³/mol. The van der Waals surface area contributed by atoms with Crippen LogP contribution in [0.3, 0.4) is 0 Å². The number of halogens is 1. The van der Waals surface area contributed by atoms with Crippen molar-refractivity contribution in [2.45, 2.75) is 6.42 Å². The molecule has 1 aliphatic heterocycles. The predicted octanol–water partition coefficient (Wildman–Crippen LogP) is 1.26. The van der Waals surface area contributed by atoms with E-state index in [4.69, 9.17) is 11.6 Å². The molecule has 0 aliphatic carbocycles. The summed E-state index contributed by atoms with van der Waals surface area (Å²) in [6.45, 7) is 0.291. The van der Waals surface area contributed by atoms with Crippen LogP contribution in [0.25, 0.3) is 0 Å². The molecule has 5 nitrogen and oxygen atoms in total. The lowest BCUT2D eigenvalue weighted by Gasteiger charge is -2.14. The number of anilines is 1. The average Bonchev–Trinajstić information content (AvgIpc) is 2.70. The zero-order valence-electron chi connectivity index (χ0n) is 9.22. The van der Waals surface area contributed by atoms with Gasteiger partial charge in [-0.25, -0.2) is 4.98 Å². The number of amides is 1. The van der Waals surface area contributed by atoms with Gasteiger partial charge in [0.2, 0.25) is 5.91 Å². The van der Waals surface area contributed by atoms with Crippen molar-refractivity contribution < 1.29 is 14.3 Å². The number of carbonyl (C=O) groups is 2. The highest BCUT2D eigenvalue weighted by atomic mass is 35.5. The highest BCUT2D eigenvalue weighted by Crippen LogP contribution is 2.25. The van der Waals surface area contributed by atoms with Gasteiger partial charge in [0.1, 0.15) is 5.82 Å². The van der Waals surface area contributed by atoms with E-state index in [1.54, 1.807) is 12.1 Å². The maximum Gasteiger partial charge on any atom is 0.311 e. The van der Waals surface area contributed by atoms with Gasteiger partial charge in [-0.2, -0.15) is 0 Å². The third-order valence-electron chi connectivity index (χ3n) is 2.64. The van der Waals surface area contributed by atoms with Crippen LogP contribution in [-0.2, 0) is 14.3 Å². The van der Waals surface area contributed by atoms with E-state index < -0.39 is 5.92 Å². The Bertz CT molecular complexity index is 464. The summed E-state index contributed by atoms with van der Waals surface area (Å²) in [5, 5.41) is 0.504. The number of hydrogen-bond donors (Lipinski definition) is 0. The van der Waals surface area contributed by atoms with Crippen molar-refractivity contribution in [3.05, 3.63) is 23.4 Å². The zero-order chi connectivity index (χ0) is 12.4. The minimum atomic E-state index is -0.423. The first-order valence-corrected chi connectivity index (χ1v) is 5.49. The molecule has 17 heavy (non-hydrogen) atoms. The Balaban J connectivity index is 2.18. The number of esters is 1. The summed E-state index contributed by atoms with van der Waals surface area (Å²) in [5.74, 6) is -0.472. The quantitative estimate of drug-likeness (QED) is 0.746. The van der Waals surface area contributed by atoms with Gasteiger partial charge in [-0.3, -0.25) is 14.5 Å². The van der Waals surface area contributed by atoms with Gasteiger partial charge in [0.05, 0.1) is 13.0 Å². The van der Waals surface area contributed by atoms with E-state index in [9.17, 15) is 9.59 Å². The summed E-state index contributed by atoms with van der Waals surface area (Å²) >= 11 is 5.83. The first-order chi connectivity index (χ1) is 8.11. The van der Waals surface area contributed by atoms with Gasteiger partial charge >= 0.3 is 5.97 Å². The van der Waals surface area contributed by atoms with E-state index in [0.29, 0.717) is 17.4 Å². The maximum absolute atomic E-state index is 11.8. The second kappa shape index (κ2) is 4.71. The molecule has 2 heterocycles. The normalized spacial score (nSPS) is 19.5. The number of rotatable bonds is 2. The van der Waals surface area contributed by atoms with Crippen LogP contribution in [0.4, 0.5) is 5.82 Å². The minimum absolute atomic E-state index is 0.143. The molecular weight excluding hydrogens is 244 g/mol. The lowest BCUT2D eigenvalue weighted by atomic mass is 10.1. The van der Waals surface area contributed by atoms with Gasteiger partial charge < -0.3 is 4.74 Å². The highest BCUT2D eigenvalue weighted by Gasteiger charge is 2.36. The van der Waals surface area contributed by atoms with Gasteiger partial charge in [-0.1, -0.05) is 11.6 Å². The van der Waals surface area contributed by atoms with Gasteiger partial charge in [0.15, 0.2) is 0 Å². The second-order valence-corrected chi connectivity index (χ2v) is 4.20. The fourth-order valence-electron chi connectivity index (χ4n) is 1.79. The first kappa shape index (κ1) is 11.9. The lowest BCUT2D eigenvalue weighted by molar-refractivity contribution is -0.145. The molecular formula is C11H11ClN2O3. The third kappa shape index (κ3) is 2.39. The first-order valence-electron chi connectivity index (χ1n) is 5.11. The monoisotopic (exact) mass is 254 g/mol. The summed E-state index contributed by atoms with van der Waals surface area (Å²) in [5.41, 5.74) is 0. The fourth-order valence-corrected chi connectivity index (χ4v) is 1.95. The van der Waals surface area contributed by atoms with Crippen molar-refractivity contribution in [3.63, 3.8) is 0 Å². The molecule has 0 bridgehead atoms. The van der Waals surface area contributed by atoms with Crippen LogP contribution in [0.2, 0.25) is 5.02 Å². The Kier molecular flexibility index (Phi) is 3.28. The molecule has 0 spiro atoms. The molecule has 1 aliphatic rings. The summed E-state index contributed by atoms with van der Waals surface area (Å²) < 4.78 is 4.63. The molecule has 0 aromatic carbocycles. The molecule has 90 valence electrons. The highest BCUT2D eigenvalue weighted by molar-refractivity contribution is 6.30. The van der Waals surface area contributed by atoms with Crippen molar-refractivity contribution in [2.24, 2.45) is 5.92 Å². The molecule has 1 atom stereocenters. The number of carbonyl (C=O) groups excluding carboxylic acids is 2. The van der Waals surface area contributed by atoms with E-state index in [0.717, 1.165) is 0 Å². The standard InChI is InChI=1S/C11H11ClN2O3/c1-17-11(16)7-4-10(15)14(6-7)9-5-8(12)2-3-13-9/h2-3,5,7H,4,6H2,1H3. The number of hydrogen-bond acceptors (Lipinski definition) is 4. The van der Waals surface area contributed by atoms with Crippen LogP contribution in [0, 0.1) is 5.92 Å². The Hall–Kier alpha value is -1.62. The van der Waals surface area contributed by atoms with E-state index in [-0.39, 0.29) is 18.3 Å². The van der Waals surface area contributed by atoms with Crippen LogP contribution in [0.5, 0.6) is 0 Å². The summed E-state index contributed by atoms with van der Waals surface area (Å²) in [7, 11) is 1.31. The van der Waals surface area contributed by atoms with Gasteiger partial charge in [-0.05, 0) is 12.1 Å². The smallest absolute Gasteiger partial charge is 0.311 e. The molecule has 1 fully saturated rings. The Morgan fingerprint density at radius 3 is 3.06 bits per heavy atom. The summed E-state index contributed by atoms with van der Waals surface area (Å²) in [4.78, 5) is 28.6. The summed E-state index contributed by atoms with van der Waals surface area (Å²) in [6.07, 6.45) is 1.68. The van der Waals surface area contributed by atoms with E-state index >= 15 is 0 Å². The largest absolute Gasteiger partial charge is 0.469 e. The second-order valence-electron chi connectivity index (χ2n) is 3.76. The topological polar surface area (TPSA) is 59.5 Å². The van der Waals surface area contributed by atoms with Gasteiger partial charge in [0.25, 0.3) is 0 Å². The van der Waals surface area contributed by atoms with Crippen LogP contribution >= 0.6 is 11.6 Å². The molecule has 1 saturated heterocycles. The molecule has 1 aromatic heterocycles. The Morgan fingerprint density at radius 2 is 2.41 bits per heavy atom. The number of aromatic nitrogens is 1. The molecule has 1 unspecified atom stereocenters. The van der Waals surface area contributed by atoms with Crippen LogP contribution in [0.1, 0.15) is 6.42 Å². The van der Waals surface area contributed by atoms with Crippen LogP contribution in [-0.4, -0.2) is 30.5 Å². The summed E-state index contributed by atoms with van der Waals surface area (Å²) in [6, 6.07) is 3.22. The van der Waals surface area contributed by atoms with E-state index in [1.807, 2.05) is 0 Å². The fraction of sp³-hybridized carbons (Fsp3) is 0.364. The number of nitrogens with zero attached hydrogens (tertiary/aromatic N) is 2. The molecule has 2 rings (SSSR count). The van der Waals surface area contributed by atoms with Crippen LogP contribution in [0.15, 0.2) is 18.3 Å². The minimum Gasteiger partial charge on any atom is -0.469 e. The Morgan fingerprint density at radius 1 is 1.65 bits per heavy atom. The van der Waals surface area contributed by atoms with E-state index in [1.165, 1.54) is 18.2 Å². The number of methoxy groups -OCH3 is 1. The van der Waals surface area contributed by atoms with Gasteiger partial charge in [-0.15, -0.1) is 0 Å². The van der Waals surface area contributed by atoms with Crippen molar-refractivity contribution in [3.8, 4) is 0 Å². The molecule has 0 radical (unpaired) electrons. The number of ether oxygens (including phenoxy) is 1. The SMILES string of the molecule is COC(=O)C1CC(=O)N(c2cc(Cl)ccn2)C1. The van der Waals surface area contributed by atoms with Gasteiger partial charge in [0, 0.05) is 24.2 Å². The molecule has 1 aromatic rings.